The van der Waals surface area contributed by atoms with Crippen molar-refractivity contribution in [2.45, 2.75) is 19.9 Å². The lowest BCUT2D eigenvalue weighted by Gasteiger charge is -2.13. The molecule has 1 aromatic carbocycles. The summed E-state index contributed by atoms with van der Waals surface area (Å²) in [6, 6.07) is 7.45. The lowest BCUT2D eigenvalue weighted by Crippen LogP contribution is -2.21. The van der Waals surface area contributed by atoms with Crippen molar-refractivity contribution < 1.29 is 9.63 Å². The van der Waals surface area contributed by atoms with E-state index in [2.05, 4.69) is 15.9 Å². The third-order valence-electron chi connectivity index (χ3n) is 1.85. The molecule has 0 bridgehead atoms. The fraction of sp³-hybridized carbons (Fsp3) is 0.273. The quantitative estimate of drug-likeness (QED) is 0.484. The van der Waals surface area contributed by atoms with Crippen LogP contribution in [0.2, 0.25) is 0 Å². The van der Waals surface area contributed by atoms with Gasteiger partial charge in [-0.3, -0.25) is 0 Å². The van der Waals surface area contributed by atoms with Gasteiger partial charge in [-0.25, -0.2) is 4.79 Å². The molecule has 5 heteroatoms. The summed E-state index contributed by atoms with van der Waals surface area (Å²) < 4.78 is 0.963. The molecule has 16 heavy (non-hydrogen) atoms. The molecule has 1 rings (SSSR count). The van der Waals surface area contributed by atoms with Crippen LogP contribution in [0.5, 0.6) is 0 Å². The summed E-state index contributed by atoms with van der Waals surface area (Å²) in [6.07, 6.45) is 2.06. The second kappa shape index (κ2) is 6.13. The van der Waals surface area contributed by atoms with E-state index in [4.69, 9.17) is 10.1 Å². The summed E-state index contributed by atoms with van der Waals surface area (Å²) in [5.74, 6) is -0.418. The van der Waals surface area contributed by atoms with Gasteiger partial charge < -0.3 is 4.84 Å². The number of halogens is 1. The minimum Gasteiger partial charge on any atom is -0.331 e. The van der Waals surface area contributed by atoms with Gasteiger partial charge in [-0.1, -0.05) is 35.0 Å². The van der Waals surface area contributed by atoms with Crippen molar-refractivity contribution in [3.8, 4) is 6.19 Å². The number of carbonyl (C=O) groups excluding carboxylic acids is 1. The number of hydrogen-bond donors (Lipinski definition) is 0. The number of nitriles is 1. The smallest absolute Gasteiger partial charge is 0.331 e. The van der Waals surface area contributed by atoms with Gasteiger partial charge >= 0.3 is 5.97 Å². The Morgan fingerprint density at radius 2 is 2.12 bits per heavy atom. The molecule has 0 aliphatic carbocycles. The second-order valence-corrected chi connectivity index (χ2v) is 4.00. The fourth-order valence-electron chi connectivity index (χ4n) is 1.03. The molecule has 0 radical (unpaired) electrons. The number of nitrogens with zero attached hydrogens (tertiary/aromatic N) is 2. The number of carbonyl (C=O) groups is 1. The van der Waals surface area contributed by atoms with Crippen LogP contribution in [0.25, 0.3) is 0 Å². The molecule has 0 aliphatic rings. The van der Waals surface area contributed by atoms with Crippen LogP contribution in [0, 0.1) is 11.5 Å². The Kier molecular flexibility index (Phi) is 4.80. The van der Waals surface area contributed by atoms with Crippen LogP contribution in [-0.4, -0.2) is 11.0 Å². The van der Waals surface area contributed by atoms with Gasteiger partial charge in [0.25, 0.3) is 0 Å². The molecule has 0 fully saturated rings. The highest BCUT2D eigenvalue weighted by atomic mass is 79.9. The van der Waals surface area contributed by atoms with Crippen LogP contribution >= 0.6 is 15.9 Å². The number of hydroxylamine groups is 2. The summed E-state index contributed by atoms with van der Waals surface area (Å²) in [6.45, 7) is 1.94. The molecule has 4 nitrogen and oxygen atoms in total. The van der Waals surface area contributed by atoms with Crippen molar-refractivity contribution >= 4 is 21.9 Å². The molecule has 0 saturated carbocycles. The van der Waals surface area contributed by atoms with E-state index in [1.165, 1.54) is 0 Å². The normalized spacial score (nSPS) is 9.31. The number of rotatable bonds is 4. The summed E-state index contributed by atoms with van der Waals surface area (Å²) in [7, 11) is 0. The van der Waals surface area contributed by atoms with Crippen molar-refractivity contribution in [3.05, 3.63) is 34.3 Å². The number of benzene rings is 1. The Labute approximate surface area is 103 Å². The minimum atomic E-state index is -0.418. The Balaban J connectivity index is 2.60. The maximum Gasteiger partial charge on any atom is 0.333 e. The summed E-state index contributed by atoms with van der Waals surface area (Å²) in [5, 5.41) is 9.74. The summed E-state index contributed by atoms with van der Waals surface area (Å²) in [5.41, 5.74) is 0.897. The van der Waals surface area contributed by atoms with Crippen LogP contribution in [-0.2, 0) is 16.2 Å². The molecule has 0 amide bonds. The lowest BCUT2D eigenvalue weighted by molar-refractivity contribution is -0.177. The van der Waals surface area contributed by atoms with Gasteiger partial charge in [-0.15, -0.1) is 5.06 Å². The van der Waals surface area contributed by atoms with Crippen molar-refractivity contribution in [1.29, 1.82) is 5.26 Å². The molecular formula is C11H11BrN2O2. The molecule has 1 aromatic rings. The van der Waals surface area contributed by atoms with Gasteiger partial charge in [0.05, 0.1) is 6.54 Å². The van der Waals surface area contributed by atoms with Gasteiger partial charge in [0.15, 0.2) is 0 Å². The van der Waals surface area contributed by atoms with E-state index in [9.17, 15) is 4.79 Å². The topological polar surface area (TPSA) is 53.3 Å². The molecule has 0 atom stereocenters. The van der Waals surface area contributed by atoms with Crippen LogP contribution in [0.1, 0.15) is 18.9 Å². The highest BCUT2D eigenvalue weighted by Gasteiger charge is 2.08. The summed E-state index contributed by atoms with van der Waals surface area (Å²) in [4.78, 5) is 15.8. The van der Waals surface area contributed by atoms with E-state index in [0.29, 0.717) is 0 Å². The Morgan fingerprint density at radius 3 is 2.62 bits per heavy atom. The van der Waals surface area contributed by atoms with Gasteiger partial charge in [0.2, 0.25) is 6.19 Å². The SMILES string of the molecule is CCC(=O)ON(C#N)Cc1ccc(Br)cc1. The Bertz CT molecular complexity index is 397. The maximum atomic E-state index is 11.0. The number of hydrogen-bond acceptors (Lipinski definition) is 4. The molecule has 0 aliphatic heterocycles. The first-order valence-electron chi connectivity index (χ1n) is 4.78. The highest BCUT2D eigenvalue weighted by molar-refractivity contribution is 9.10. The maximum absolute atomic E-state index is 11.0. The first-order chi connectivity index (χ1) is 7.65. The van der Waals surface area contributed by atoms with Crippen molar-refractivity contribution in [1.82, 2.24) is 5.06 Å². The predicted octanol–water partition coefficient (Wildman–Crippen LogP) is 2.60. The van der Waals surface area contributed by atoms with Crippen LogP contribution in [0.4, 0.5) is 0 Å². The first kappa shape index (κ1) is 12.5. The van der Waals surface area contributed by atoms with E-state index in [1.54, 1.807) is 6.92 Å². The zero-order chi connectivity index (χ0) is 12.0. The average Bonchev–Trinajstić information content (AvgIpc) is 2.30. The standard InChI is InChI=1S/C11H11BrN2O2/c1-2-11(15)16-14(8-13)7-9-3-5-10(12)6-4-9/h3-6H,2,7H2,1H3. The summed E-state index contributed by atoms with van der Waals surface area (Å²) >= 11 is 3.32. The van der Waals surface area contributed by atoms with Gasteiger partial charge in [0, 0.05) is 10.9 Å². The van der Waals surface area contributed by atoms with Crippen molar-refractivity contribution in [2.24, 2.45) is 0 Å². The third-order valence-corrected chi connectivity index (χ3v) is 2.38. The molecular weight excluding hydrogens is 272 g/mol. The average molecular weight is 283 g/mol. The second-order valence-electron chi connectivity index (χ2n) is 3.08. The molecule has 0 heterocycles. The van der Waals surface area contributed by atoms with Gasteiger partial charge in [-0.05, 0) is 17.7 Å². The first-order valence-corrected chi connectivity index (χ1v) is 5.57. The monoisotopic (exact) mass is 282 g/mol. The highest BCUT2D eigenvalue weighted by Crippen LogP contribution is 2.12. The largest absolute Gasteiger partial charge is 0.333 e. The third kappa shape index (κ3) is 3.91. The molecule has 0 aromatic heterocycles. The van der Waals surface area contributed by atoms with Crippen LogP contribution in [0.3, 0.4) is 0 Å². The fourth-order valence-corrected chi connectivity index (χ4v) is 1.30. The zero-order valence-electron chi connectivity index (χ0n) is 8.81. The molecule has 0 unspecified atom stereocenters. The Morgan fingerprint density at radius 1 is 1.50 bits per heavy atom. The molecule has 0 spiro atoms. The van der Waals surface area contributed by atoms with E-state index in [0.717, 1.165) is 15.1 Å². The minimum absolute atomic E-state index is 0.249. The van der Waals surface area contributed by atoms with Crippen molar-refractivity contribution in [3.63, 3.8) is 0 Å². The predicted molar refractivity (Wildman–Crippen MR) is 61.7 cm³/mol. The van der Waals surface area contributed by atoms with E-state index in [-0.39, 0.29) is 13.0 Å². The van der Waals surface area contributed by atoms with Crippen LogP contribution < -0.4 is 0 Å². The molecule has 84 valence electrons. The van der Waals surface area contributed by atoms with Gasteiger partial charge in [0.1, 0.15) is 0 Å². The van der Waals surface area contributed by atoms with E-state index >= 15 is 0 Å². The van der Waals surface area contributed by atoms with E-state index in [1.807, 2.05) is 30.5 Å². The zero-order valence-corrected chi connectivity index (χ0v) is 10.4. The van der Waals surface area contributed by atoms with Crippen LogP contribution in [0.15, 0.2) is 28.7 Å². The van der Waals surface area contributed by atoms with Crippen molar-refractivity contribution in [2.75, 3.05) is 0 Å². The Hall–Kier alpha value is -1.54. The molecule has 0 saturated heterocycles. The lowest BCUT2D eigenvalue weighted by atomic mass is 10.2. The van der Waals surface area contributed by atoms with Gasteiger partial charge in [-0.2, -0.15) is 5.26 Å². The molecule has 0 N–H and O–H groups in total. The van der Waals surface area contributed by atoms with E-state index < -0.39 is 5.97 Å².